The lowest BCUT2D eigenvalue weighted by Crippen LogP contribution is -2.17. The monoisotopic (exact) mass is 322 g/mol. The van der Waals surface area contributed by atoms with E-state index < -0.39 is 11.7 Å². The molecule has 0 atom stereocenters. The van der Waals surface area contributed by atoms with Crippen LogP contribution < -0.4 is 10.2 Å². The first-order valence-corrected chi connectivity index (χ1v) is 7.32. The van der Waals surface area contributed by atoms with Crippen LogP contribution in [0.5, 0.6) is 0 Å². The van der Waals surface area contributed by atoms with Crippen molar-refractivity contribution in [2.24, 2.45) is 0 Å². The van der Waals surface area contributed by atoms with Gasteiger partial charge in [-0.25, -0.2) is 14.4 Å². The van der Waals surface area contributed by atoms with Crippen LogP contribution in [0.4, 0.5) is 21.6 Å². The third-order valence-corrected chi connectivity index (χ3v) is 3.48. The van der Waals surface area contributed by atoms with Gasteiger partial charge >= 0.3 is 0 Å². The van der Waals surface area contributed by atoms with Gasteiger partial charge in [0.15, 0.2) is 5.82 Å². The molecule has 0 saturated carbocycles. The Morgan fingerprint density at radius 1 is 1.00 bits per heavy atom. The molecule has 0 radical (unpaired) electrons. The molecular weight excluding hydrogens is 307 g/mol. The minimum atomic E-state index is -0.512. The van der Waals surface area contributed by atoms with Crippen molar-refractivity contribution in [3.05, 3.63) is 78.5 Å². The largest absolute Gasteiger partial charge is 0.328 e. The Kier molecular flexibility index (Phi) is 4.47. The normalized spacial score (nSPS) is 10.2. The average Bonchev–Trinajstić information content (AvgIpc) is 2.64. The van der Waals surface area contributed by atoms with Gasteiger partial charge in [-0.15, -0.1) is 0 Å². The van der Waals surface area contributed by atoms with Crippen molar-refractivity contribution in [2.75, 3.05) is 17.3 Å². The number of para-hydroxylation sites is 2. The van der Waals surface area contributed by atoms with E-state index in [1.54, 1.807) is 12.1 Å². The Bertz CT molecular complexity index is 837. The lowest BCUT2D eigenvalue weighted by molar-refractivity contribution is 0.102. The van der Waals surface area contributed by atoms with Gasteiger partial charge < -0.3 is 10.2 Å². The number of nitrogens with one attached hydrogen (secondary N) is 1. The van der Waals surface area contributed by atoms with Crippen molar-refractivity contribution in [1.29, 1.82) is 0 Å². The van der Waals surface area contributed by atoms with E-state index in [0.717, 1.165) is 5.69 Å². The summed E-state index contributed by atoms with van der Waals surface area (Å²) < 4.78 is 13.6. The highest BCUT2D eigenvalue weighted by atomic mass is 19.1. The van der Waals surface area contributed by atoms with Gasteiger partial charge in [-0.3, -0.25) is 4.79 Å². The Labute approximate surface area is 138 Å². The van der Waals surface area contributed by atoms with E-state index in [1.807, 2.05) is 42.3 Å². The molecule has 1 aromatic heterocycles. The molecule has 0 aliphatic heterocycles. The first-order chi connectivity index (χ1) is 11.6. The van der Waals surface area contributed by atoms with Gasteiger partial charge in [0.2, 0.25) is 0 Å². The number of halogens is 1. The molecule has 0 saturated heterocycles. The van der Waals surface area contributed by atoms with E-state index in [0.29, 0.717) is 5.82 Å². The Morgan fingerprint density at radius 2 is 1.71 bits per heavy atom. The molecule has 24 heavy (non-hydrogen) atoms. The first-order valence-electron chi connectivity index (χ1n) is 7.32. The Morgan fingerprint density at radius 3 is 2.38 bits per heavy atom. The summed E-state index contributed by atoms with van der Waals surface area (Å²) >= 11 is 0. The predicted octanol–water partition coefficient (Wildman–Crippen LogP) is 3.64. The van der Waals surface area contributed by atoms with Crippen molar-refractivity contribution >= 4 is 23.1 Å². The third-order valence-electron chi connectivity index (χ3n) is 3.48. The predicted molar refractivity (Wildman–Crippen MR) is 90.9 cm³/mol. The summed E-state index contributed by atoms with van der Waals surface area (Å²) in [5.74, 6) is -0.413. The van der Waals surface area contributed by atoms with Gasteiger partial charge in [0.05, 0.1) is 18.1 Å². The minimum Gasteiger partial charge on any atom is -0.328 e. The highest BCUT2D eigenvalue weighted by Gasteiger charge is 2.12. The molecule has 1 N–H and O–H groups in total. The molecule has 1 amide bonds. The van der Waals surface area contributed by atoms with E-state index in [1.165, 1.54) is 24.5 Å². The maximum Gasteiger partial charge on any atom is 0.275 e. The number of nitrogens with zero attached hydrogens (tertiary/aromatic N) is 3. The zero-order chi connectivity index (χ0) is 16.9. The fourth-order valence-corrected chi connectivity index (χ4v) is 2.14. The van der Waals surface area contributed by atoms with E-state index in [9.17, 15) is 9.18 Å². The highest BCUT2D eigenvalue weighted by Crippen LogP contribution is 2.20. The average molecular weight is 322 g/mol. The molecule has 0 fully saturated rings. The quantitative estimate of drug-likeness (QED) is 0.797. The second kappa shape index (κ2) is 6.87. The maximum absolute atomic E-state index is 13.6. The van der Waals surface area contributed by atoms with Crippen molar-refractivity contribution in [3.8, 4) is 0 Å². The van der Waals surface area contributed by atoms with Crippen molar-refractivity contribution in [2.45, 2.75) is 0 Å². The van der Waals surface area contributed by atoms with Crippen LogP contribution in [0.25, 0.3) is 0 Å². The van der Waals surface area contributed by atoms with Crippen molar-refractivity contribution in [1.82, 2.24) is 9.97 Å². The van der Waals surface area contributed by atoms with E-state index in [4.69, 9.17) is 0 Å². The number of benzene rings is 2. The SMILES string of the molecule is CN(c1ccccc1)c1cnc(C(=O)Nc2ccccc2F)cn1. The summed E-state index contributed by atoms with van der Waals surface area (Å²) in [5.41, 5.74) is 1.17. The molecule has 0 unspecified atom stereocenters. The summed E-state index contributed by atoms with van der Waals surface area (Å²) in [7, 11) is 1.86. The smallest absolute Gasteiger partial charge is 0.275 e. The molecule has 5 nitrogen and oxygen atoms in total. The van der Waals surface area contributed by atoms with Gasteiger partial charge in [-0.2, -0.15) is 0 Å². The van der Waals surface area contributed by atoms with Gasteiger partial charge in [-0.05, 0) is 24.3 Å². The fourth-order valence-electron chi connectivity index (χ4n) is 2.14. The first kappa shape index (κ1) is 15.6. The second-order valence-electron chi connectivity index (χ2n) is 5.09. The number of carbonyl (C=O) groups is 1. The Balaban J connectivity index is 1.75. The van der Waals surface area contributed by atoms with E-state index in [-0.39, 0.29) is 11.4 Å². The van der Waals surface area contributed by atoms with Crippen molar-refractivity contribution in [3.63, 3.8) is 0 Å². The molecule has 0 bridgehead atoms. The van der Waals surface area contributed by atoms with Crippen LogP contribution in [0.15, 0.2) is 67.0 Å². The Hall–Kier alpha value is -3.28. The summed E-state index contributed by atoms with van der Waals surface area (Å²) in [6, 6.07) is 15.6. The summed E-state index contributed by atoms with van der Waals surface area (Å²) in [5, 5.41) is 2.48. The second-order valence-corrected chi connectivity index (χ2v) is 5.09. The fraction of sp³-hybridized carbons (Fsp3) is 0.0556. The number of aromatic nitrogens is 2. The zero-order valence-electron chi connectivity index (χ0n) is 13.0. The van der Waals surface area contributed by atoms with Gasteiger partial charge in [0, 0.05) is 12.7 Å². The molecule has 2 aromatic carbocycles. The van der Waals surface area contributed by atoms with Crippen LogP contribution in [-0.4, -0.2) is 22.9 Å². The third kappa shape index (κ3) is 3.38. The molecule has 0 aliphatic carbocycles. The van der Waals surface area contributed by atoms with Gasteiger partial charge in [0.25, 0.3) is 5.91 Å². The molecule has 3 rings (SSSR count). The highest BCUT2D eigenvalue weighted by molar-refractivity contribution is 6.02. The number of carbonyl (C=O) groups excluding carboxylic acids is 1. The number of hydrogen-bond donors (Lipinski definition) is 1. The summed E-state index contributed by atoms with van der Waals surface area (Å²) in [6.45, 7) is 0. The van der Waals surface area contributed by atoms with Crippen LogP contribution in [0.3, 0.4) is 0 Å². The van der Waals surface area contributed by atoms with Crippen LogP contribution >= 0.6 is 0 Å². The maximum atomic E-state index is 13.6. The van der Waals surface area contributed by atoms with Gasteiger partial charge in [-0.1, -0.05) is 30.3 Å². The lowest BCUT2D eigenvalue weighted by atomic mass is 10.3. The van der Waals surface area contributed by atoms with Crippen molar-refractivity contribution < 1.29 is 9.18 Å². The zero-order valence-corrected chi connectivity index (χ0v) is 13.0. The number of anilines is 3. The number of amides is 1. The molecule has 0 aliphatic rings. The number of hydrogen-bond acceptors (Lipinski definition) is 4. The minimum absolute atomic E-state index is 0.106. The molecule has 3 aromatic rings. The van der Waals surface area contributed by atoms with E-state index >= 15 is 0 Å². The van der Waals surface area contributed by atoms with Crippen LogP contribution in [0.1, 0.15) is 10.5 Å². The van der Waals surface area contributed by atoms with E-state index in [2.05, 4.69) is 15.3 Å². The molecule has 6 heteroatoms. The van der Waals surface area contributed by atoms with Crippen LogP contribution in [-0.2, 0) is 0 Å². The molecule has 120 valence electrons. The van der Waals surface area contributed by atoms with Gasteiger partial charge in [0.1, 0.15) is 11.5 Å². The van der Waals surface area contributed by atoms with Crippen LogP contribution in [0, 0.1) is 5.82 Å². The molecular formula is C18H15FN4O. The molecule has 0 spiro atoms. The standard InChI is InChI=1S/C18H15FN4O/c1-23(13-7-3-2-4-8-13)17-12-20-16(11-21-17)18(24)22-15-10-6-5-9-14(15)19/h2-12H,1H3,(H,22,24). The number of rotatable bonds is 4. The lowest BCUT2D eigenvalue weighted by Gasteiger charge is -2.17. The molecule has 1 heterocycles. The topological polar surface area (TPSA) is 58.1 Å². The summed E-state index contributed by atoms with van der Waals surface area (Å²) in [6.07, 6.45) is 2.87. The summed E-state index contributed by atoms with van der Waals surface area (Å²) in [4.78, 5) is 22.3. The van der Waals surface area contributed by atoms with Crippen LogP contribution in [0.2, 0.25) is 0 Å².